The van der Waals surface area contributed by atoms with Crippen LogP contribution < -0.4 is 10.0 Å². The van der Waals surface area contributed by atoms with Gasteiger partial charge in [0, 0.05) is 11.3 Å². The summed E-state index contributed by atoms with van der Waals surface area (Å²) in [6.07, 6.45) is 2.37. The molecule has 0 radical (unpaired) electrons. The number of benzene rings is 2. The molecule has 0 aliphatic heterocycles. The molecule has 3 aromatic rings. The van der Waals surface area contributed by atoms with Gasteiger partial charge in [-0.25, -0.2) is 13.4 Å². The Hall–Kier alpha value is -3.19. The van der Waals surface area contributed by atoms with Crippen molar-refractivity contribution in [2.75, 3.05) is 10.0 Å². The van der Waals surface area contributed by atoms with E-state index in [0.717, 1.165) is 17.7 Å². The Bertz CT molecular complexity index is 1080. The number of rotatable bonds is 7. The minimum Gasteiger partial charge on any atom is -0.354 e. The topological polar surface area (TPSA) is 88.2 Å². The van der Waals surface area contributed by atoms with E-state index in [1.165, 1.54) is 13.1 Å². The van der Waals surface area contributed by atoms with Crippen molar-refractivity contribution >= 4 is 33.0 Å². The van der Waals surface area contributed by atoms with E-state index in [1.807, 2.05) is 13.0 Å². The molecule has 0 saturated carbocycles. The van der Waals surface area contributed by atoms with E-state index in [9.17, 15) is 13.2 Å². The van der Waals surface area contributed by atoms with Crippen LogP contribution in [0.4, 0.5) is 17.2 Å². The number of hydrogen-bond acceptors (Lipinski definition) is 5. The summed E-state index contributed by atoms with van der Waals surface area (Å²) in [6, 6.07) is 17.2. The van der Waals surface area contributed by atoms with Gasteiger partial charge in [-0.05, 0) is 55.3 Å². The molecule has 7 heteroatoms. The molecule has 28 heavy (non-hydrogen) atoms. The number of pyridine rings is 1. The van der Waals surface area contributed by atoms with Gasteiger partial charge < -0.3 is 5.32 Å². The smallest absolute Gasteiger partial charge is 0.263 e. The van der Waals surface area contributed by atoms with E-state index in [1.54, 1.807) is 54.6 Å². The number of Topliss-reactive ketones (excluding diaryl/α,β-unsaturated/α-hetero) is 1. The van der Waals surface area contributed by atoms with Crippen LogP contribution in [0.15, 0.2) is 71.8 Å². The lowest BCUT2D eigenvalue weighted by Crippen LogP contribution is -2.13. The fourth-order valence-electron chi connectivity index (χ4n) is 2.61. The molecule has 0 aliphatic carbocycles. The summed E-state index contributed by atoms with van der Waals surface area (Å²) in [6.45, 7) is 3.52. The normalized spacial score (nSPS) is 11.1. The summed E-state index contributed by atoms with van der Waals surface area (Å²) in [5.74, 6) is 0.209. The number of nitrogens with one attached hydrogen (secondary N) is 2. The van der Waals surface area contributed by atoms with Gasteiger partial charge in [0.05, 0.1) is 16.8 Å². The van der Waals surface area contributed by atoms with Gasteiger partial charge in [-0.3, -0.25) is 9.52 Å². The highest BCUT2D eigenvalue weighted by Gasteiger charge is 2.14. The minimum absolute atomic E-state index is 0.0153. The molecule has 144 valence electrons. The number of aryl methyl sites for hydroxylation is 1. The van der Waals surface area contributed by atoms with Gasteiger partial charge in [0.1, 0.15) is 5.82 Å². The predicted octanol–water partition coefficient (Wildman–Crippen LogP) is 4.39. The zero-order valence-electron chi connectivity index (χ0n) is 15.6. The molecule has 0 atom stereocenters. The van der Waals surface area contributed by atoms with Crippen LogP contribution >= 0.6 is 0 Å². The number of nitrogens with zero attached hydrogens (tertiary/aromatic N) is 1. The lowest BCUT2D eigenvalue weighted by molar-refractivity contribution is 0.101. The summed E-state index contributed by atoms with van der Waals surface area (Å²) in [5, 5.41) is 3.14. The maximum Gasteiger partial charge on any atom is 0.263 e. The largest absolute Gasteiger partial charge is 0.354 e. The lowest BCUT2D eigenvalue weighted by Gasteiger charge is -2.10. The molecular weight excluding hydrogens is 374 g/mol. The Balaban J connectivity index is 1.71. The average Bonchev–Trinajstić information content (AvgIpc) is 2.69. The van der Waals surface area contributed by atoms with Crippen molar-refractivity contribution in [3.8, 4) is 0 Å². The number of anilines is 3. The Morgan fingerprint density at radius 2 is 1.75 bits per heavy atom. The van der Waals surface area contributed by atoms with Gasteiger partial charge in [0.2, 0.25) is 0 Å². The quantitative estimate of drug-likeness (QED) is 0.579. The number of carbonyl (C=O) groups is 1. The van der Waals surface area contributed by atoms with Crippen LogP contribution in [-0.2, 0) is 16.4 Å². The van der Waals surface area contributed by atoms with E-state index in [2.05, 4.69) is 15.0 Å². The number of carbonyl (C=O) groups excluding carboxylic acids is 1. The van der Waals surface area contributed by atoms with Crippen molar-refractivity contribution < 1.29 is 13.2 Å². The molecule has 0 spiro atoms. The minimum atomic E-state index is -3.70. The van der Waals surface area contributed by atoms with E-state index < -0.39 is 10.0 Å². The van der Waals surface area contributed by atoms with Crippen LogP contribution in [0.3, 0.4) is 0 Å². The van der Waals surface area contributed by atoms with Crippen LogP contribution in [0.5, 0.6) is 0 Å². The van der Waals surface area contributed by atoms with Gasteiger partial charge in [-0.2, -0.15) is 0 Å². The predicted molar refractivity (Wildman–Crippen MR) is 111 cm³/mol. The third kappa shape index (κ3) is 4.75. The van der Waals surface area contributed by atoms with Gasteiger partial charge in [0.25, 0.3) is 10.0 Å². The molecular formula is C21H21N3O3S. The highest BCUT2D eigenvalue weighted by molar-refractivity contribution is 7.92. The summed E-state index contributed by atoms with van der Waals surface area (Å²) < 4.78 is 27.4. The maximum absolute atomic E-state index is 12.5. The first-order valence-corrected chi connectivity index (χ1v) is 10.3. The molecule has 0 saturated heterocycles. The monoisotopic (exact) mass is 395 g/mol. The molecule has 0 aliphatic rings. The Kier molecular flexibility index (Phi) is 5.75. The van der Waals surface area contributed by atoms with Crippen LogP contribution in [0.2, 0.25) is 0 Å². The summed E-state index contributed by atoms with van der Waals surface area (Å²) in [7, 11) is -3.70. The molecule has 2 N–H and O–H groups in total. The van der Waals surface area contributed by atoms with Crippen molar-refractivity contribution in [3.63, 3.8) is 0 Å². The zero-order chi connectivity index (χ0) is 20.1. The summed E-state index contributed by atoms with van der Waals surface area (Å²) in [4.78, 5) is 15.8. The van der Waals surface area contributed by atoms with Gasteiger partial charge in [-0.1, -0.05) is 31.2 Å². The molecule has 1 aromatic heterocycles. The van der Waals surface area contributed by atoms with Crippen molar-refractivity contribution in [3.05, 3.63) is 78.0 Å². The van der Waals surface area contributed by atoms with Gasteiger partial charge in [-0.15, -0.1) is 0 Å². The lowest BCUT2D eigenvalue weighted by atomic mass is 10.1. The van der Waals surface area contributed by atoms with E-state index in [0.29, 0.717) is 11.3 Å². The number of sulfonamides is 1. The summed E-state index contributed by atoms with van der Waals surface area (Å²) >= 11 is 0. The van der Waals surface area contributed by atoms with Crippen LogP contribution in [0, 0.1) is 0 Å². The zero-order valence-corrected chi connectivity index (χ0v) is 16.5. The fourth-order valence-corrected chi connectivity index (χ4v) is 3.62. The van der Waals surface area contributed by atoms with Crippen LogP contribution in [0.1, 0.15) is 29.8 Å². The SMILES string of the molecule is CCc1ccc(S(=O)(=O)Nc2ccc(Nc3cccc(C(C)=O)c3)cn2)cc1. The second-order valence-corrected chi connectivity index (χ2v) is 7.98. The van der Waals surface area contributed by atoms with Crippen molar-refractivity contribution in [1.82, 2.24) is 4.98 Å². The van der Waals surface area contributed by atoms with Gasteiger partial charge >= 0.3 is 0 Å². The first kappa shape index (κ1) is 19.6. The molecule has 2 aromatic carbocycles. The third-order valence-corrected chi connectivity index (χ3v) is 5.57. The maximum atomic E-state index is 12.5. The molecule has 0 fully saturated rings. The molecule has 1 heterocycles. The molecule has 0 amide bonds. The van der Waals surface area contributed by atoms with Gasteiger partial charge in [0.15, 0.2) is 5.78 Å². The first-order valence-electron chi connectivity index (χ1n) is 8.83. The van der Waals surface area contributed by atoms with Crippen LogP contribution in [-0.4, -0.2) is 19.2 Å². The number of aromatic nitrogens is 1. The van der Waals surface area contributed by atoms with Crippen molar-refractivity contribution in [1.29, 1.82) is 0 Å². The van der Waals surface area contributed by atoms with Crippen molar-refractivity contribution in [2.24, 2.45) is 0 Å². The van der Waals surface area contributed by atoms with E-state index in [-0.39, 0.29) is 16.5 Å². The average molecular weight is 395 g/mol. The van der Waals surface area contributed by atoms with Crippen LogP contribution in [0.25, 0.3) is 0 Å². The summed E-state index contributed by atoms with van der Waals surface area (Å²) in [5.41, 5.74) is 3.10. The number of hydrogen-bond donors (Lipinski definition) is 2. The fraction of sp³-hybridized carbons (Fsp3) is 0.143. The Morgan fingerprint density at radius 1 is 1.00 bits per heavy atom. The second-order valence-electron chi connectivity index (χ2n) is 6.30. The molecule has 0 unspecified atom stereocenters. The van der Waals surface area contributed by atoms with E-state index >= 15 is 0 Å². The highest BCUT2D eigenvalue weighted by Crippen LogP contribution is 2.20. The highest BCUT2D eigenvalue weighted by atomic mass is 32.2. The first-order chi connectivity index (χ1) is 13.4. The van der Waals surface area contributed by atoms with E-state index in [4.69, 9.17) is 0 Å². The second kappa shape index (κ2) is 8.22. The Labute approximate surface area is 164 Å². The Morgan fingerprint density at radius 3 is 2.36 bits per heavy atom. The molecule has 6 nitrogen and oxygen atoms in total. The molecule has 3 rings (SSSR count). The van der Waals surface area contributed by atoms with Crippen molar-refractivity contribution in [2.45, 2.75) is 25.2 Å². The standard InChI is InChI=1S/C21H21N3O3S/c1-3-16-7-10-20(11-8-16)28(26,27)24-21-12-9-19(14-22-21)23-18-6-4-5-17(13-18)15(2)25/h4-14,23H,3H2,1-2H3,(H,22,24). The number of ketones is 1. The molecule has 0 bridgehead atoms. The third-order valence-electron chi connectivity index (χ3n) is 4.20.